The molecule has 2 aromatic rings. The number of benzene rings is 2. The molecule has 0 spiro atoms. The summed E-state index contributed by atoms with van der Waals surface area (Å²) in [6.07, 6.45) is 0.950. The van der Waals surface area contributed by atoms with Crippen LogP contribution < -0.4 is 5.32 Å². The van der Waals surface area contributed by atoms with Crippen LogP contribution in [0.2, 0.25) is 0 Å². The van der Waals surface area contributed by atoms with Gasteiger partial charge in [0.1, 0.15) is 0 Å². The lowest BCUT2D eigenvalue weighted by molar-refractivity contribution is -0.138. The number of likely N-dealkylation sites (N-methyl/N-ethyl adjacent to an activating group) is 1. The minimum absolute atomic E-state index is 0.0339. The van der Waals surface area contributed by atoms with Crippen molar-refractivity contribution in [3.8, 4) is 0 Å². The van der Waals surface area contributed by atoms with Crippen LogP contribution in [0.3, 0.4) is 0 Å². The van der Waals surface area contributed by atoms with Crippen LogP contribution in [0.25, 0.3) is 0 Å². The summed E-state index contributed by atoms with van der Waals surface area (Å²) < 4.78 is 0. The van der Waals surface area contributed by atoms with Crippen molar-refractivity contribution in [2.45, 2.75) is 32.9 Å². The van der Waals surface area contributed by atoms with Gasteiger partial charge in [-0.3, -0.25) is 14.5 Å². The summed E-state index contributed by atoms with van der Waals surface area (Å²) in [5.74, 6) is -0.223. The third kappa shape index (κ3) is 4.74. The molecule has 5 heteroatoms. The number of carbonyl (C=O) groups is 2. The Morgan fingerprint density at radius 3 is 2.48 bits per heavy atom. The molecule has 142 valence electrons. The number of carbonyl (C=O) groups excluding carboxylic acids is 2. The van der Waals surface area contributed by atoms with Crippen molar-refractivity contribution in [1.29, 1.82) is 0 Å². The molecule has 0 bridgehead atoms. The summed E-state index contributed by atoms with van der Waals surface area (Å²) in [4.78, 5) is 28.7. The highest BCUT2D eigenvalue weighted by Gasteiger charge is 2.27. The van der Waals surface area contributed by atoms with Gasteiger partial charge in [-0.2, -0.15) is 0 Å². The maximum absolute atomic E-state index is 12.8. The standard InChI is InChI=1S/C22H27N3O2/c1-16-8-10-20(11-9-16)23-21(26)15-24(3)22(27)17(2)25-13-12-18-6-4-5-7-19(18)14-25/h4-11,17H,12-15H2,1-3H3,(H,23,26)/t17-/m1/s1. The molecule has 1 aliphatic rings. The Morgan fingerprint density at radius 1 is 1.11 bits per heavy atom. The number of anilines is 1. The van der Waals surface area contributed by atoms with Gasteiger partial charge >= 0.3 is 0 Å². The lowest BCUT2D eigenvalue weighted by atomic mass is 9.98. The molecule has 5 nitrogen and oxygen atoms in total. The molecular formula is C22H27N3O2. The first kappa shape index (κ1) is 19.1. The van der Waals surface area contributed by atoms with Gasteiger partial charge in [0.2, 0.25) is 11.8 Å². The zero-order valence-corrected chi connectivity index (χ0v) is 16.2. The zero-order valence-electron chi connectivity index (χ0n) is 16.2. The Kier molecular flexibility index (Phi) is 5.91. The van der Waals surface area contributed by atoms with Crippen LogP contribution in [0.1, 0.15) is 23.6 Å². The summed E-state index contributed by atoms with van der Waals surface area (Å²) in [6, 6.07) is 15.7. The molecule has 2 aromatic carbocycles. The van der Waals surface area contributed by atoms with Crippen LogP contribution in [-0.4, -0.2) is 47.8 Å². The Morgan fingerprint density at radius 2 is 1.78 bits per heavy atom. The smallest absolute Gasteiger partial charge is 0.243 e. The number of rotatable bonds is 5. The van der Waals surface area contributed by atoms with Crippen LogP contribution >= 0.6 is 0 Å². The predicted molar refractivity (Wildman–Crippen MR) is 107 cm³/mol. The summed E-state index contributed by atoms with van der Waals surface area (Å²) >= 11 is 0. The van der Waals surface area contributed by atoms with E-state index in [1.54, 1.807) is 7.05 Å². The predicted octanol–water partition coefficient (Wildman–Crippen LogP) is 2.84. The first-order valence-electron chi connectivity index (χ1n) is 9.36. The molecule has 0 saturated carbocycles. The van der Waals surface area contributed by atoms with E-state index in [1.165, 1.54) is 16.0 Å². The third-order valence-corrected chi connectivity index (χ3v) is 5.16. The molecule has 1 heterocycles. The summed E-state index contributed by atoms with van der Waals surface area (Å²) in [7, 11) is 1.69. The minimum atomic E-state index is -0.254. The van der Waals surface area contributed by atoms with E-state index in [9.17, 15) is 9.59 Å². The minimum Gasteiger partial charge on any atom is -0.335 e. The first-order chi connectivity index (χ1) is 12.9. The van der Waals surface area contributed by atoms with Crippen molar-refractivity contribution in [3.05, 3.63) is 65.2 Å². The van der Waals surface area contributed by atoms with Gasteiger partial charge < -0.3 is 10.2 Å². The fraction of sp³-hybridized carbons (Fsp3) is 0.364. The van der Waals surface area contributed by atoms with E-state index in [1.807, 2.05) is 44.2 Å². The van der Waals surface area contributed by atoms with E-state index in [2.05, 4.69) is 28.4 Å². The van der Waals surface area contributed by atoms with Gasteiger partial charge in [0.25, 0.3) is 0 Å². The molecule has 0 saturated heterocycles. The molecule has 3 rings (SSSR count). The highest BCUT2D eigenvalue weighted by atomic mass is 16.2. The lowest BCUT2D eigenvalue weighted by Crippen LogP contribution is -2.49. The van der Waals surface area contributed by atoms with E-state index in [0.717, 1.165) is 30.8 Å². The van der Waals surface area contributed by atoms with E-state index in [4.69, 9.17) is 0 Å². The van der Waals surface area contributed by atoms with Gasteiger partial charge in [-0.15, -0.1) is 0 Å². The maximum Gasteiger partial charge on any atom is 0.243 e. The first-order valence-corrected chi connectivity index (χ1v) is 9.36. The number of fused-ring (bicyclic) bond motifs is 1. The quantitative estimate of drug-likeness (QED) is 0.886. The van der Waals surface area contributed by atoms with Crippen LogP contribution in [0.4, 0.5) is 5.69 Å². The SMILES string of the molecule is Cc1ccc(NC(=O)CN(C)C(=O)[C@@H](C)N2CCc3ccccc3C2)cc1. The molecule has 1 N–H and O–H groups in total. The molecule has 0 fully saturated rings. The van der Waals surface area contributed by atoms with Gasteiger partial charge in [-0.1, -0.05) is 42.0 Å². The second-order valence-electron chi connectivity index (χ2n) is 7.27. The van der Waals surface area contributed by atoms with Gasteiger partial charge in [0.15, 0.2) is 0 Å². The van der Waals surface area contributed by atoms with Crippen LogP contribution in [0, 0.1) is 6.92 Å². The van der Waals surface area contributed by atoms with Crippen molar-refractivity contribution in [1.82, 2.24) is 9.80 Å². The second kappa shape index (κ2) is 8.35. The molecule has 0 radical (unpaired) electrons. The third-order valence-electron chi connectivity index (χ3n) is 5.16. The number of hydrogen-bond acceptors (Lipinski definition) is 3. The average Bonchev–Trinajstić information content (AvgIpc) is 2.68. The van der Waals surface area contributed by atoms with Gasteiger partial charge in [0.05, 0.1) is 12.6 Å². The highest BCUT2D eigenvalue weighted by molar-refractivity contribution is 5.95. The summed E-state index contributed by atoms with van der Waals surface area (Å²) in [5, 5.41) is 2.84. The topological polar surface area (TPSA) is 52.7 Å². The molecule has 1 aliphatic heterocycles. The number of amides is 2. The molecule has 27 heavy (non-hydrogen) atoms. The van der Waals surface area contributed by atoms with E-state index < -0.39 is 0 Å². The number of aryl methyl sites for hydroxylation is 1. The average molecular weight is 365 g/mol. The van der Waals surface area contributed by atoms with E-state index in [0.29, 0.717) is 0 Å². The largest absolute Gasteiger partial charge is 0.335 e. The van der Waals surface area contributed by atoms with Crippen molar-refractivity contribution >= 4 is 17.5 Å². The fourth-order valence-electron chi connectivity index (χ4n) is 3.45. The van der Waals surface area contributed by atoms with Crippen molar-refractivity contribution in [2.24, 2.45) is 0 Å². The number of hydrogen-bond donors (Lipinski definition) is 1. The van der Waals surface area contributed by atoms with Crippen LogP contribution in [-0.2, 0) is 22.6 Å². The normalized spacial score (nSPS) is 14.9. The Hall–Kier alpha value is -2.66. The monoisotopic (exact) mass is 365 g/mol. The second-order valence-corrected chi connectivity index (χ2v) is 7.27. The number of nitrogens with one attached hydrogen (secondary N) is 1. The van der Waals surface area contributed by atoms with Crippen LogP contribution in [0.5, 0.6) is 0 Å². The molecule has 0 aliphatic carbocycles. The highest BCUT2D eigenvalue weighted by Crippen LogP contribution is 2.20. The molecule has 0 unspecified atom stereocenters. The van der Waals surface area contributed by atoms with Crippen molar-refractivity contribution in [3.63, 3.8) is 0 Å². The molecular weight excluding hydrogens is 338 g/mol. The fourth-order valence-corrected chi connectivity index (χ4v) is 3.45. The Balaban J connectivity index is 1.55. The van der Waals surface area contributed by atoms with Gasteiger partial charge in [-0.25, -0.2) is 0 Å². The zero-order chi connectivity index (χ0) is 19.4. The molecule has 0 aromatic heterocycles. The number of nitrogens with zero attached hydrogens (tertiary/aromatic N) is 2. The lowest BCUT2D eigenvalue weighted by Gasteiger charge is -2.34. The maximum atomic E-state index is 12.8. The molecule has 2 amide bonds. The molecule has 1 atom stereocenters. The van der Waals surface area contributed by atoms with Gasteiger partial charge in [0, 0.05) is 25.8 Å². The Bertz CT molecular complexity index is 817. The Labute approximate surface area is 161 Å². The summed E-state index contributed by atoms with van der Waals surface area (Å²) in [6.45, 7) is 5.59. The van der Waals surface area contributed by atoms with Crippen molar-refractivity contribution in [2.75, 3.05) is 25.5 Å². The van der Waals surface area contributed by atoms with E-state index in [-0.39, 0.29) is 24.4 Å². The van der Waals surface area contributed by atoms with Crippen LogP contribution in [0.15, 0.2) is 48.5 Å². The summed E-state index contributed by atoms with van der Waals surface area (Å²) in [5.41, 5.74) is 4.52. The van der Waals surface area contributed by atoms with Crippen molar-refractivity contribution < 1.29 is 9.59 Å². The van der Waals surface area contributed by atoms with E-state index >= 15 is 0 Å². The van der Waals surface area contributed by atoms with Gasteiger partial charge in [-0.05, 0) is 43.5 Å².